The molecule has 2 aromatic rings. The zero-order valence-electron chi connectivity index (χ0n) is 18.7. The van der Waals surface area contributed by atoms with Gasteiger partial charge in [0, 0.05) is 5.69 Å². The second-order valence-corrected chi connectivity index (χ2v) is 8.57. The highest BCUT2D eigenvalue weighted by Crippen LogP contribution is 2.27. The second-order valence-electron chi connectivity index (χ2n) is 7.76. The molecule has 0 radical (unpaired) electrons. The van der Waals surface area contributed by atoms with Gasteiger partial charge >= 0.3 is 11.9 Å². The zero-order chi connectivity index (χ0) is 24.2. The monoisotopic (exact) mass is 493 g/mol. The van der Waals surface area contributed by atoms with Gasteiger partial charge in [-0.2, -0.15) is 0 Å². The molecule has 0 heterocycles. The number of nitrogens with one attached hydrogen (secondary N) is 1. The maximum absolute atomic E-state index is 12.6. The molecule has 0 fully saturated rings. The van der Waals surface area contributed by atoms with E-state index in [0.29, 0.717) is 17.9 Å². The summed E-state index contributed by atoms with van der Waals surface area (Å²) in [6.07, 6.45) is 9.33. The number of benzene rings is 2. The summed E-state index contributed by atoms with van der Waals surface area (Å²) in [7, 11) is 0. The summed E-state index contributed by atoms with van der Waals surface area (Å²) in [5.41, 5.74) is 0.379. The van der Waals surface area contributed by atoms with E-state index in [4.69, 9.17) is 27.9 Å². The van der Waals surface area contributed by atoms with Gasteiger partial charge in [-0.1, -0.05) is 75.1 Å². The first-order chi connectivity index (χ1) is 15.8. The van der Waals surface area contributed by atoms with Crippen molar-refractivity contribution in [2.75, 3.05) is 11.9 Å². The number of carboxylic acids is 1. The summed E-state index contributed by atoms with van der Waals surface area (Å²) in [5.74, 6) is -2.38. The maximum atomic E-state index is 12.6. The van der Waals surface area contributed by atoms with Crippen LogP contribution in [0.2, 0.25) is 10.0 Å². The summed E-state index contributed by atoms with van der Waals surface area (Å²) in [6, 6.07) is 8.51. The van der Waals surface area contributed by atoms with Gasteiger partial charge in [-0.3, -0.25) is 4.79 Å². The Morgan fingerprint density at radius 2 is 1.39 bits per heavy atom. The van der Waals surface area contributed by atoms with E-state index in [2.05, 4.69) is 12.2 Å². The van der Waals surface area contributed by atoms with Crippen molar-refractivity contribution >= 4 is 46.7 Å². The molecule has 6 nitrogen and oxygen atoms in total. The van der Waals surface area contributed by atoms with E-state index < -0.39 is 17.8 Å². The number of carbonyl (C=O) groups excluding carboxylic acids is 2. The van der Waals surface area contributed by atoms with Crippen LogP contribution in [0.5, 0.6) is 0 Å². The molecule has 8 heteroatoms. The van der Waals surface area contributed by atoms with E-state index in [9.17, 15) is 19.5 Å². The molecule has 0 aromatic heterocycles. The maximum Gasteiger partial charge on any atom is 0.338 e. The lowest BCUT2D eigenvalue weighted by molar-refractivity contribution is 0.0497. The lowest BCUT2D eigenvalue weighted by atomic mass is 10.1. The molecule has 0 saturated carbocycles. The standard InChI is InChI=1S/C25H29Cl2NO5/c1-2-3-4-5-6-7-8-9-14-33-25(32)17-10-12-18(13-11-17)28-23(29)19-15-21(26)22(27)16-20(19)24(30)31/h10-13,15-16H,2-9,14H2,1H3,(H,28,29)(H,30,31). The highest BCUT2D eigenvalue weighted by molar-refractivity contribution is 6.42. The molecular weight excluding hydrogens is 465 g/mol. The van der Waals surface area contributed by atoms with Crippen molar-refractivity contribution in [3.8, 4) is 0 Å². The number of hydrogen-bond acceptors (Lipinski definition) is 4. The van der Waals surface area contributed by atoms with E-state index in [1.807, 2.05) is 0 Å². The number of anilines is 1. The van der Waals surface area contributed by atoms with Gasteiger partial charge in [0.2, 0.25) is 0 Å². The number of esters is 1. The van der Waals surface area contributed by atoms with Crippen molar-refractivity contribution in [3.05, 3.63) is 63.1 Å². The third-order valence-electron chi connectivity index (χ3n) is 5.15. The number of ether oxygens (including phenoxy) is 1. The first-order valence-corrected chi connectivity index (χ1v) is 11.9. The highest BCUT2D eigenvalue weighted by Gasteiger charge is 2.19. The van der Waals surface area contributed by atoms with Crippen LogP contribution in [-0.4, -0.2) is 29.6 Å². The minimum atomic E-state index is -1.30. The normalized spacial score (nSPS) is 10.6. The average Bonchev–Trinajstić information content (AvgIpc) is 2.79. The van der Waals surface area contributed by atoms with Crippen molar-refractivity contribution in [3.63, 3.8) is 0 Å². The summed E-state index contributed by atoms with van der Waals surface area (Å²) in [5, 5.41) is 12.0. The quantitative estimate of drug-likeness (QED) is 0.226. The molecule has 0 aliphatic carbocycles. The number of rotatable bonds is 13. The van der Waals surface area contributed by atoms with Crippen LogP contribution in [0.25, 0.3) is 0 Å². The number of unbranched alkanes of at least 4 members (excludes halogenated alkanes) is 7. The molecule has 0 atom stereocenters. The molecule has 2 rings (SSSR count). The number of hydrogen-bond donors (Lipinski definition) is 2. The van der Waals surface area contributed by atoms with E-state index >= 15 is 0 Å². The van der Waals surface area contributed by atoms with Crippen LogP contribution in [0.3, 0.4) is 0 Å². The fourth-order valence-electron chi connectivity index (χ4n) is 3.28. The van der Waals surface area contributed by atoms with E-state index in [1.165, 1.54) is 38.2 Å². The Hall–Kier alpha value is -2.57. The van der Waals surface area contributed by atoms with Crippen LogP contribution in [0, 0.1) is 0 Å². The topological polar surface area (TPSA) is 92.7 Å². The molecule has 0 bridgehead atoms. The molecule has 0 aliphatic rings. The van der Waals surface area contributed by atoms with Gasteiger partial charge < -0.3 is 15.2 Å². The summed E-state index contributed by atoms with van der Waals surface area (Å²) >= 11 is 11.8. The van der Waals surface area contributed by atoms with Crippen molar-refractivity contribution < 1.29 is 24.2 Å². The van der Waals surface area contributed by atoms with E-state index in [0.717, 1.165) is 25.3 Å². The summed E-state index contributed by atoms with van der Waals surface area (Å²) in [4.78, 5) is 36.2. The lowest BCUT2D eigenvalue weighted by Gasteiger charge is -2.10. The third-order valence-corrected chi connectivity index (χ3v) is 5.87. The molecule has 2 aromatic carbocycles. The molecule has 0 unspecified atom stereocenters. The number of amides is 1. The highest BCUT2D eigenvalue weighted by atomic mass is 35.5. The molecule has 178 valence electrons. The fraction of sp³-hybridized carbons (Fsp3) is 0.400. The van der Waals surface area contributed by atoms with Gasteiger partial charge in [-0.05, 0) is 42.8 Å². The lowest BCUT2D eigenvalue weighted by Crippen LogP contribution is -2.16. The van der Waals surface area contributed by atoms with Gasteiger partial charge in [0.25, 0.3) is 5.91 Å². The van der Waals surface area contributed by atoms with Crippen molar-refractivity contribution in [2.45, 2.75) is 58.3 Å². The van der Waals surface area contributed by atoms with Crippen LogP contribution in [0.1, 0.15) is 89.4 Å². The van der Waals surface area contributed by atoms with Crippen LogP contribution in [0.15, 0.2) is 36.4 Å². The van der Waals surface area contributed by atoms with Crippen LogP contribution < -0.4 is 5.32 Å². The largest absolute Gasteiger partial charge is 0.478 e. The Kier molecular flexibility index (Phi) is 11.2. The van der Waals surface area contributed by atoms with Crippen LogP contribution >= 0.6 is 23.2 Å². The third kappa shape index (κ3) is 8.71. The smallest absolute Gasteiger partial charge is 0.338 e. The van der Waals surface area contributed by atoms with E-state index in [1.54, 1.807) is 24.3 Å². The fourth-order valence-corrected chi connectivity index (χ4v) is 3.61. The summed E-state index contributed by atoms with van der Waals surface area (Å²) < 4.78 is 5.31. The number of carboxylic acid groups (broad SMARTS) is 1. The predicted molar refractivity (Wildman–Crippen MR) is 131 cm³/mol. The Morgan fingerprint density at radius 1 is 0.848 bits per heavy atom. The molecule has 0 saturated heterocycles. The molecule has 2 N–H and O–H groups in total. The predicted octanol–water partition coefficient (Wildman–Crippen LogP) is 7.24. The first kappa shape index (κ1) is 26.7. The van der Waals surface area contributed by atoms with Gasteiger partial charge in [-0.15, -0.1) is 0 Å². The average molecular weight is 494 g/mol. The molecule has 0 spiro atoms. The molecule has 33 heavy (non-hydrogen) atoms. The summed E-state index contributed by atoms with van der Waals surface area (Å²) in [6.45, 7) is 2.58. The molecule has 1 amide bonds. The van der Waals surface area contributed by atoms with Gasteiger partial charge in [0.1, 0.15) is 0 Å². The Labute approximate surface area is 204 Å². The number of carbonyl (C=O) groups is 3. The first-order valence-electron chi connectivity index (χ1n) is 11.1. The van der Waals surface area contributed by atoms with Crippen molar-refractivity contribution in [2.24, 2.45) is 0 Å². The number of halogens is 2. The SMILES string of the molecule is CCCCCCCCCCOC(=O)c1ccc(NC(=O)c2cc(Cl)c(Cl)cc2C(=O)O)cc1. The van der Waals surface area contributed by atoms with Gasteiger partial charge in [0.15, 0.2) is 0 Å². The zero-order valence-corrected chi connectivity index (χ0v) is 20.2. The Morgan fingerprint density at radius 3 is 1.97 bits per heavy atom. The van der Waals surface area contributed by atoms with E-state index in [-0.39, 0.29) is 21.2 Å². The minimum Gasteiger partial charge on any atom is -0.478 e. The number of aromatic carboxylic acids is 1. The Balaban J connectivity index is 1.83. The minimum absolute atomic E-state index is 0.0421. The van der Waals surface area contributed by atoms with Gasteiger partial charge in [0.05, 0.1) is 33.3 Å². The van der Waals surface area contributed by atoms with Crippen LogP contribution in [0.4, 0.5) is 5.69 Å². The second kappa shape index (κ2) is 13.9. The molecular formula is C25H29Cl2NO5. The van der Waals surface area contributed by atoms with Gasteiger partial charge in [-0.25, -0.2) is 9.59 Å². The van der Waals surface area contributed by atoms with Crippen molar-refractivity contribution in [1.82, 2.24) is 0 Å². The molecule has 0 aliphatic heterocycles. The van der Waals surface area contributed by atoms with Crippen molar-refractivity contribution in [1.29, 1.82) is 0 Å². The Bertz CT molecular complexity index is 960. The van der Waals surface area contributed by atoms with Crippen LogP contribution in [-0.2, 0) is 4.74 Å².